The van der Waals surface area contributed by atoms with Gasteiger partial charge in [-0.05, 0) is 53.1 Å². The molecule has 0 aromatic heterocycles. The topological polar surface area (TPSA) is 158 Å². The van der Waals surface area contributed by atoms with Gasteiger partial charge in [0, 0.05) is 11.3 Å². The van der Waals surface area contributed by atoms with E-state index in [-0.39, 0.29) is 50.4 Å². The molecular formula is C21H15NO7. The van der Waals surface area contributed by atoms with E-state index in [9.17, 15) is 34.8 Å². The zero-order valence-electron chi connectivity index (χ0n) is 14.8. The summed E-state index contributed by atoms with van der Waals surface area (Å²) in [6.45, 7) is 0. The summed E-state index contributed by atoms with van der Waals surface area (Å²) in [6.07, 6.45) is 0. The van der Waals surface area contributed by atoms with Crippen molar-refractivity contribution in [3.05, 3.63) is 71.3 Å². The zero-order valence-corrected chi connectivity index (χ0v) is 14.8. The van der Waals surface area contributed by atoms with Gasteiger partial charge in [0.25, 0.3) is 0 Å². The number of phenols is 1. The number of rotatable bonds is 5. The number of anilines is 1. The van der Waals surface area contributed by atoms with Gasteiger partial charge in [0.2, 0.25) is 0 Å². The molecule has 0 aliphatic heterocycles. The Balaban J connectivity index is 2.29. The Morgan fingerprint density at radius 2 is 1.38 bits per heavy atom. The number of carboxylic acids is 3. The van der Waals surface area contributed by atoms with Gasteiger partial charge in [-0.15, -0.1) is 0 Å². The molecule has 6 N–H and O–H groups in total. The second-order valence-corrected chi connectivity index (χ2v) is 6.22. The highest BCUT2D eigenvalue weighted by Gasteiger charge is 2.21. The van der Waals surface area contributed by atoms with Crippen LogP contribution in [0.3, 0.4) is 0 Å². The minimum atomic E-state index is -1.35. The average Bonchev–Trinajstić information content (AvgIpc) is 2.66. The number of hydrogen-bond acceptors (Lipinski definition) is 5. The molecule has 0 saturated heterocycles. The Morgan fingerprint density at radius 3 is 2.00 bits per heavy atom. The normalized spacial score (nSPS) is 10.5. The maximum Gasteiger partial charge on any atom is 0.336 e. The Kier molecular flexibility index (Phi) is 4.93. The van der Waals surface area contributed by atoms with Crippen molar-refractivity contribution in [3.63, 3.8) is 0 Å². The molecule has 0 heterocycles. The van der Waals surface area contributed by atoms with Crippen LogP contribution in [0.5, 0.6) is 5.75 Å². The number of phenolic OH excluding ortho intramolecular Hbond substituents is 1. The fraction of sp³-hybridized carbons (Fsp3) is 0. The first-order valence-corrected chi connectivity index (χ1v) is 8.26. The van der Waals surface area contributed by atoms with E-state index in [2.05, 4.69) is 0 Å². The lowest BCUT2D eigenvalue weighted by molar-refractivity contribution is 0.0686. The van der Waals surface area contributed by atoms with Gasteiger partial charge in [-0.3, -0.25) is 0 Å². The number of aromatic carboxylic acids is 3. The second kappa shape index (κ2) is 7.35. The largest absolute Gasteiger partial charge is 0.508 e. The van der Waals surface area contributed by atoms with Crippen molar-refractivity contribution in [2.24, 2.45) is 0 Å². The van der Waals surface area contributed by atoms with Crippen LogP contribution in [0.1, 0.15) is 31.1 Å². The first-order valence-electron chi connectivity index (χ1n) is 8.26. The van der Waals surface area contributed by atoms with Gasteiger partial charge in [0.05, 0.1) is 16.7 Å². The van der Waals surface area contributed by atoms with Crippen LogP contribution in [0.15, 0.2) is 54.6 Å². The molecule has 3 aromatic rings. The van der Waals surface area contributed by atoms with E-state index in [1.807, 2.05) is 0 Å². The summed E-state index contributed by atoms with van der Waals surface area (Å²) in [5.74, 6) is -4.19. The van der Waals surface area contributed by atoms with Crippen molar-refractivity contribution in [2.45, 2.75) is 0 Å². The van der Waals surface area contributed by atoms with Crippen molar-refractivity contribution in [3.8, 4) is 28.0 Å². The lowest BCUT2D eigenvalue weighted by Gasteiger charge is -2.15. The van der Waals surface area contributed by atoms with Gasteiger partial charge in [-0.1, -0.05) is 18.2 Å². The fourth-order valence-corrected chi connectivity index (χ4v) is 3.11. The van der Waals surface area contributed by atoms with Gasteiger partial charge >= 0.3 is 17.9 Å². The van der Waals surface area contributed by atoms with Crippen LogP contribution in [-0.4, -0.2) is 38.3 Å². The van der Waals surface area contributed by atoms with Gasteiger partial charge in [-0.25, -0.2) is 14.4 Å². The van der Waals surface area contributed by atoms with E-state index < -0.39 is 17.9 Å². The van der Waals surface area contributed by atoms with E-state index >= 15 is 0 Å². The number of hydrogen-bond donors (Lipinski definition) is 5. The number of nitrogens with two attached hydrogens (primary N) is 1. The highest BCUT2D eigenvalue weighted by atomic mass is 16.4. The quantitative estimate of drug-likeness (QED) is 0.413. The molecule has 3 aromatic carbocycles. The van der Waals surface area contributed by atoms with Crippen molar-refractivity contribution in [1.82, 2.24) is 0 Å². The predicted molar refractivity (Wildman–Crippen MR) is 104 cm³/mol. The fourth-order valence-electron chi connectivity index (χ4n) is 3.11. The van der Waals surface area contributed by atoms with Crippen LogP contribution in [0, 0.1) is 0 Å². The number of carboxylic acid groups (broad SMARTS) is 3. The summed E-state index contributed by atoms with van der Waals surface area (Å²) < 4.78 is 0. The van der Waals surface area contributed by atoms with E-state index in [1.165, 1.54) is 36.4 Å². The van der Waals surface area contributed by atoms with Gasteiger partial charge in [-0.2, -0.15) is 0 Å². The second-order valence-electron chi connectivity index (χ2n) is 6.22. The summed E-state index contributed by atoms with van der Waals surface area (Å²) >= 11 is 0. The third-order valence-electron chi connectivity index (χ3n) is 4.32. The Labute approximate surface area is 164 Å². The number of aromatic hydroxyl groups is 1. The van der Waals surface area contributed by atoms with Gasteiger partial charge in [0.15, 0.2) is 0 Å². The van der Waals surface area contributed by atoms with Crippen molar-refractivity contribution >= 4 is 23.6 Å². The highest BCUT2D eigenvalue weighted by Crippen LogP contribution is 2.37. The molecule has 0 fully saturated rings. The third kappa shape index (κ3) is 3.72. The highest BCUT2D eigenvalue weighted by molar-refractivity contribution is 6.04. The number of benzene rings is 3. The lowest BCUT2D eigenvalue weighted by Crippen LogP contribution is -2.06. The maximum atomic E-state index is 11.9. The standard InChI is InChI=1S/C21H15NO7/c22-17-9-10(14-3-1-2-4-15(14)20(26)27)8-16(21(28)29)18(17)11-5-12(19(24)25)7-13(23)6-11/h1-9,23H,22H2,(H,24,25)(H,26,27)(H,28,29). The van der Waals surface area contributed by atoms with Crippen molar-refractivity contribution in [2.75, 3.05) is 5.73 Å². The molecule has 0 spiro atoms. The minimum Gasteiger partial charge on any atom is -0.508 e. The monoisotopic (exact) mass is 393 g/mol. The summed E-state index contributed by atoms with van der Waals surface area (Å²) in [4.78, 5) is 34.7. The van der Waals surface area contributed by atoms with E-state index in [0.717, 1.165) is 6.07 Å². The molecule has 0 unspecified atom stereocenters. The molecule has 0 bridgehead atoms. The maximum absolute atomic E-state index is 11.9. The Morgan fingerprint density at radius 1 is 0.724 bits per heavy atom. The minimum absolute atomic E-state index is 0.0120. The molecule has 8 nitrogen and oxygen atoms in total. The molecule has 29 heavy (non-hydrogen) atoms. The summed E-state index contributed by atoms with van der Waals surface area (Å²) in [5.41, 5.74) is 6.24. The van der Waals surface area contributed by atoms with Gasteiger partial charge in [0.1, 0.15) is 5.75 Å². The Bertz CT molecular complexity index is 1170. The van der Waals surface area contributed by atoms with Crippen LogP contribution >= 0.6 is 0 Å². The van der Waals surface area contributed by atoms with Gasteiger partial charge < -0.3 is 26.2 Å². The molecule has 8 heteroatoms. The molecule has 0 radical (unpaired) electrons. The SMILES string of the molecule is Nc1cc(-c2ccccc2C(=O)O)cc(C(=O)O)c1-c1cc(O)cc(C(=O)O)c1. The summed E-state index contributed by atoms with van der Waals surface area (Å²) in [5, 5.41) is 38.1. The van der Waals surface area contributed by atoms with Crippen LogP contribution in [0.4, 0.5) is 5.69 Å². The average molecular weight is 393 g/mol. The van der Waals surface area contributed by atoms with Crippen LogP contribution in [-0.2, 0) is 0 Å². The molecule has 0 saturated carbocycles. The Hall–Kier alpha value is -4.33. The molecule has 0 aliphatic carbocycles. The van der Waals surface area contributed by atoms with Crippen molar-refractivity contribution < 1.29 is 34.8 Å². The summed E-state index contributed by atoms with van der Waals surface area (Å²) in [7, 11) is 0. The predicted octanol–water partition coefficient (Wildman–Crippen LogP) is 3.40. The molecular weight excluding hydrogens is 378 g/mol. The van der Waals surface area contributed by atoms with E-state index in [0.29, 0.717) is 0 Å². The smallest absolute Gasteiger partial charge is 0.336 e. The van der Waals surface area contributed by atoms with E-state index in [4.69, 9.17) is 5.73 Å². The first kappa shape index (κ1) is 19.4. The number of nitrogen functional groups attached to an aromatic ring is 1. The molecule has 0 aliphatic rings. The first-order chi connectivity index (χ1) is 13.7. The zero-order chi connectivity index (χ0) is 21.3. The molecule has 0 amide bonds. The number of carbonyl (C=O) groups is 3. The van der Waals surface area contributed by atoms with Crippen LogP contribution in [0.2, 0.25) is 0 Å². The van der Waals surface area contributed by atoms with E-state index in [1.54, 1.807) is 12.1 Å². The molecule has 3 rings (SSSR count). The van der Waals surface area contributed by atoms with Crippen molar-refractivity contribution in [1.29, 1.82) is 0 Å². The molecule has 0 atom stereocenters. The molecule has 146 valence electrons. The third-order valence-corrected chi connectivity index (χ3v) is 4.32. The van der Waals surface area contributed by atoms with Crippen LogP contribution < -0.4 is 5.73 Å². The summed E-state index contributed by atoms with van der Waals surface area (Å²) in [6, 6.07) is 12.2. The lowest BCUT2D eigenvalue weighted by atomic mass is 9.91. The van der Waals surface area contributed by atoms with Crippen LogP contribution in [0.25, 0.3) is 22.3 Å².